The van der Waals surface area contributed by atoms with Gasteiger partial charge in [-0.25, -0.2) is 4.39 Å². The Balaban J connectivity index is 1.43. The number of hydrogen-bond donors (Lipinski definition) is 2. The molecule has 5 rings (SSSR count). The van der Waals surface area contributed by atoms with Crippen molar-refractivity contribution in [3.8, 4) is 5.75 Å². The maximum Gasteiger partial charge on any atom is 0.275 e. The van der Waals surface area contributed by atoms with Gasteiger partial charge in [0.05, 0.1) is 11.1 Å². The molecule has 2 bridgehead atoms. The van der Waals surface area contributed by atoms with E-state index >= 15 is 0 Å². The van der Waals surface area contributed by atoms with E-state index in [4.69, 9.17) is 11.6 Å². The topological polar surface area (TPSA) is 91.6 Å². The summed E-state index contributed by atoms with van der Waals surface area (Å²) in [6.07, 6.45) is 4.31. The van der Waals surface area contributed by atoms with Gasteiger partial charge in [0.15, 0.2) is 11.4 Å². The molecule has 3 atom stereocenters. The predicted octanol–water partition coefficient (Wildman–Crippen LogP) is 2.28. The van der Waals surface area contributed by atoms with E-state index in [1.807, 2.05) is 0 Å². The molecule has 1 aromatic carbocycles. The largest absolute Gasteiger partial charge is 0.503 e. The van der Waals surface area contributed by atoms with E-state index in [1.165, 1.54) is 29.0 Å². The number of aromatic nitrogens is 1. The molecule has 2 fully saturated rings. The first-order valence-electron chi connectivity index (χ1n) is 9.86. The summed E-state index contributed by atoms with van der Waals surface area (Å²) in [6, 6.07) is 4.25. The van der Waals surface area contributed by atoms with Crippen LogP contribution < -0.4 is 10.7 Å². The molecular weight excluding hydrogens is 413 g/mol. The molecule has 0 radical (unpaired) electrons. The lowest BCUT2D eigenvalue weighted by molar-refractivity contribution is 0.0482. The Labute approximate surface area is 176 Å². The molecule has 3 aliphatic rings. The van der Waals surface area contributed by atoms with Gasteiger partial charge in [0.1, 0.15) is 11.4 Å². The normalized spacial score (nSPS) is 24.0. The fourth-order valence-corrected chi connectivity index (χ4v) is 5.28. The molecule has 1 aromatic heterocycles. The van der Waals surface area contributed by atoms with Gasteiger partial charge in [-0.3, -0.25) is 14.4 Å². The molecule has 3 heterocycles. The van der Waals surface area contributed by atoms with Crippen LogP contribution in [0.15, 0.2) is 29.2 Å². The van der Waals surface area contributed by atoms with Gasteiger partial charge < -0.3 is 19.9 Å². The maximum atomic E-state index is 13.3. The third-order valence-electron chi connectivity index (χ3n) is 6.50. The van der Waals surface area contributed by atoms with Crippen LogP contribution in [0.3, 0.4) is 0 Å². The Morgan fingerprint density at radius 3 is 2.87 bits per heavy atom. The highest BCUT2D eigenvalue weighted by molar-refractivity contribution is 6.30. The molecule has 156 valence electrons. The number of benzene rings is 1. The Morgan fingerprint density at radius 1 is 1.30 bits per heavy atom. The number of halogens is 2. The van der Waals surface area contributed by atoms with Crippen LogP contribution in [0.2, 0.25) is 5.02 Å². The second-order valence-electron chi connectivity index (χ2n) is 8.16. The summed E-state index contributed by atoms with van der Waals surface area (Å²) in [5, 5.41) is 13.0. The molecular formula is C21H19ClFN3O4. The molecule has 1 saturated carbocycles. The Morgan fingerprint density at radius 2 is 2.10 bits per heavy atom. The summed E-state index contributed by atoms with van der Waals surface area (Å²) in [5.74, 6) is -1.88. The van der Waals surface area contributed by atoms with Crippen LogP contribution in [0.25, 0.3) is 0 Å². The second kappa shape index (κ2) is 6.84. The van der Waals surface area contributed by atoms with Crippen molar-refractivity contribution < 1.29 is 19.1 Å². The van der Waals surface area contributed by atoms with Gasteiger partial charge in [0, 0.05) is 25.3 Å². The van der Waals surface area contributed by atoms with Crippen molar-refractivity contribution in [1.29, 1.82) is 0 Å². The summed E-state index contributed by atoms with van der Waals surface area (Å²) in [7, 11) is 0. The third kappa shape index (κ3) is 2.81. The minimum absolute atomic E-state index is 0.0277. The molecule has 7 nitrogen and oxygen atoms in total. The van der Waals surface area contributed by atoms with Crippen LogP contribution in [0, 0.1) is 11.7 Å². The number of piperidine rings is 1. The highest BCUT2D eigenvalue weighted by Crippen LogP contribution is 2.45. The molecule has 1 aliphatic carbocycles. The summed E-state index contributed by atoms with van der Waals surface area (Å²) < 4.78 is 14.8. The van der Waals surface area contributed by atoms with Gasteiger partial charge in [0.25, 0.3) is 11.8 Å². The van der Waals surface area contributed by atoms with E-state index in [-0.39, 0.29) is 40.8 Å². The fourth-order valence-electron chi connectivity index (χ4n) is 5.08. The van der Waals surface area contributed by atoms with Crippen LogP contribution in [0.4, 0.5) is 4.39 Å². The average molecular weight is 432 g/mol. The molecule has 1 saturated heterocycles. The smallest absolute Gasteiger partial charge is 0.275 e. The summed E-state index contributed by atoms with van der Waals surface area (Å²) in [6.45, 7) is 0.476. The van der Waals surface area contributed by atoms with Crippen molar-refractivity contribution in [3.63, 3.8) is 0 Å². The van der Waals surface area contributed by atoms with Crippen molar-refractivity contribution in [3.05, 3.63) is 62.3 Å². The van der Waals surface area contributed by atoms with Crippen molar-refractivity contribution >= 4 is 23.4 Å². The van der Waals surface area contributed by atoms with E-state index < -0.39 is 22.9 Å². The van der Waals surface area contributed by atoms with Crippen LogP contribution >= 0.6 is 11.6 Å². The van der Waals surface area contributed by atoms with E-state index in [9.17, 15) is 23.9 Å². The zero-order chi connectivity index (χ0) is 21.2. The number of rotatable bonds is 3. The molecule has 2 amide bonds. The number of nitrogens with zero attached hydrogens (tertiary/aromatic N) is 2. The zero-order valence-corrected chi connectivity index (χ0v) is 16.7. The first-order valence-corrected chi connectivity index (χ1v) is 10.2. The highest BCUT2D eigenvalue weighted by Gasteiger charge is 2.51. The van der Waals surface area contributed by atoms with Crippen molar-refractivity contribution in [2.45, 2.75) is 44.4 Å². The average Bonchev–Trinajstić information content (AvgIpc) is 3.33. The van der Waals surface area contributed by atoms with E-state index in [2.05, 4.69) is 5.32 Å². The number of hydrogen-bond acceptors (Lipinski definition) is 4. The number of fused-ring (bicyclic) bond motifs is 6. The van der Waals surface area contributed by atoms with E-state index in [0.717, 1.165) is 19.3 Å². The van der Waals surface area contributed by atoms with Crippen LogP contribution in [-0.2, 0) is 13.1 Å². The molecule has 0 spiro atoms. The molecule has 2 N–H and O–H groups in total. The summed E-state index contributed by atoms with van der Waals surface area (Å²) in [5.41, 5.74) is -0.614. The SMILES string of the molecule is O=C(NCc1ccc(F)c(Cl)c1)c1cn2c(c(O)c1=O)C(=O)N1[C@H]3CC[C@H](C3)[C@@H]1C2. The van der Waals surface area contributed by atoms with Gasteiger partial charge in [-0.1, -0.05) is 17.7 Å². The van der Waals surface area contributed by atoms with Gasteiger partial charge in [-0.15, -0.1) is 0 Å². The quantitative estimate of drug-likeness (QED) is 0.780. The lowest BCUT2D eigenvalue weighted by Crippen LogP contribution is -2.52. The third-order valence-corrected chi connectivity index (χ3v) is 6.79. The highest BCUT2D eigenvalue weighted by atomic mass is 35.5. The van der Waals surface area contributed by atoms with E-state index in [0.29, 0.717) is 18.0 Å². The van der Waals surface area contributed by atoms with Gasteiger partial charge in [-0.05, 0) is 42.9 Å². The predicted molar refractivity (Wildman–Crippen MR) is 106 cm³/mol. The monoisotopic (exact) mass is 431 g/mol. The minimum atomic E-state index is -0.882. The van der Waals surface area contributed by atoms with Crippen molar-refractivity contribution in [2.24, 2.45) is 5.92 Å². The molecule has 0 unspecified atom stereocenters. The standard InChI is InChI=1S/C21H19ClFN3O4/c22-14-5-10(1-4-15(14)23)7-24-20(29)13-8-25-9-16-11-2-3-12(6-11)26(16)21(30)17(25)19(28)18(13)27/h1,4-5,8,11-12,16,28H,2-3,6-7,9H2,(H,24,29)/t11-,12+,16+/m1/s1. The van der Waals surface area contributed by atoms with Crippen molar-refractivity contribution in [2.75, 3.05) is 0 Å². The Kier molecular flexibility index (Phi) is 4.36. The van der Waals surface area contributed by atoms with Gasteiger partial charge >= 0.3 is 0 Å². The lowest BCUT2D eigenvalue weighted by Gasteiger charge is -2.40. The number of amides is 2. The fraction of sp³-hybridized carbons (Fsp3) is 0.381. The number of nitrogens with one attached hydrogen (secondary N) is 1. The maximum absolute atomic E-state index is 13.3. The Bertz CT molecular complexity index is 1150. The first-order chi connectivity index (χ1) is 14.3. The molecule has 30 heavy (non-hydrogen) atoms. The number of aromatic hydroxyl groups is 1. The Hall–Kier alpha value is -2.87. The van der Waals surface area contributed by atoms with Crippen molar-refractivity contribution in [1.82, 2.24) is 14.8 Å². The molecule has 9 heteroatoms. The molecule has 2 aliphatic heterocycles. The van der Waals surface area contributed by atoms with Crippen LogP contribution in [-0.4, -0.2) is 38.5 Å². The molecule has 2 aromatic rings. The zero-order valence-electron chi connectivity index (χ0n) is 15.9. The number of carbonyl (C=O) groups excluding carboxylic acids is 2. The summed E-state index contributed by atoms with van der Waals surface area (Å²) in [4.78, 5) is 40.0. The lowest BCUT2D eigenvalue weighted by atomic mass is 9.95. The van der Waals surface area contributed by atoms with Crippen LogP contribution in [0.1, 0.15) is 45.7 Å². The number of pyridine rings is 1. The summed E-state index contributed by atoms with van der Waals surface area (Å²) >= 11 is 5.75. The second-order valence-corrected chi connectivity index (χ2v) is 8.57. The first kappa shape index (κ1) is 19.1. The van der Waals surface area contributed by atoms with Crippen LogP contribution in [0.5, 0.6) is 5.75 Å². The minimum Gasteiger partial charge on any atom is -0.503 e. The van der Waals surface area contributed by atoms with Gasteiger partial charge in [-0.2, -0.15) is 0 Å². The number of carbonyl (C=O) groups is 2. The van der Waals surface area contributed by atoms with Gasteiger partial charge in [0.2, 0.25) is 5.43 Å². The van der Waals surface area contributed by atoms with E-state index in [1.54, 1.807) is 4.90 Å².